The van der Waals surface area contributed by atoms with Gasteiger partial charge in [-0.15, -0.1) is 0 Å². The van der Waals surface area contributed by atoms with Crippen LogP contribution < -0.4 is 0 Å². The first-order chi connectivity index (χ1) is 7.58. The van der Waals surface area contributed by atoms with Gasteiger partial charge in [0.05, 0.1) is 13.2 Å². The number of carbonyl (C=O) groups excluding carboxylic acids is 1. The molecule has 0 bridgehead atoms. The lowest BCUT2D eigenvalue weighted by Gasteiger charge is -2.25. The zero-order chi connectivity index (χ0) is 12.1. The lowest BCUT2D eigenvalue weighted by Crippen LogP contribution is -2.39. The number of aliphatic hydroxyl groups is 1. The van der Waals surface area contributed by atoms with Gasteiger partial charge in [0.15, 0.2) is 0 Å². The van der Waals surface area contributed by atoms with Crippen molar-refractivity contribution >= 4 is 5.97 Å². The third-order valence-corrected chi connectivity index (χ3v) is 3.18. The van der Waals surface area contributed by atoms with Crippen molar-refractivity contribution in [2.45, 2.75) is 45.3 Å². The molecule has 1 aliphatic heterocycles. The minimum absolute atomic E-state index is 0.222. The van der Waals surface area contributed by atoms with Gasteiger partial charge in [-0.1, -0.05) is 20.3 Å². The SMILES string of the molecule is CCCC(C)CN1C[C@@H](O)C[C@H]1C(=O)OC. The highest BCUT2D eigenvalue weighted by Crippen LogP contribution is 2.21. The number of ether oxygens (including phenoxy) is 1. The van der Waals surface area contributed by atoms with Crippen LogP contribution in [0.1, 0.15) is 33.1 Å². The molecule has 16 heavy (non-hydrogen) atoms. The Morgan fingerprint density at radius 1 is 1.62 bits per heavy atom. The van der Waals surface area contributed by atoms with Gasteiger partial charge in [-0.3, -0.25) is 9.69 Å². The molecule has 0 spiro atoms. The summed E-state index contributed by atoms with van der Waals surface area (Å²) < 4.78 is 4.76. The fourth-order valence-electron chi connectivity index (χ4n) is 2.45. The molecule has 94 valence electrons. The van der Waals surface area contributed by atoms with Gasteiger partial charge in [-0.25, -0.2) is 0 Å². The first-order valence-electron chi connectivity index (χ1n) is 6.08. The minimum Gasteiger partial charge on any atom is -0.468 e. The standard InChI is InChI=1S/C12H23NO3/c1-4-5-9(2)7-13-8-10(14)6-11(13)12(15)16-3/h9-11,14H,4-8H2,1-3H3/t9?,10-,11-/m0/s1. The van der Waals surface area contributed by atoms with Crippen molar-refractivity contribution in [2.24, 2.45) is 5.92 Å². The molecule has 1 N–H and O–H groups in total. The summed E-state index contributed by atoms with van der Waals surface area (Å²) in [4.78, 5) is 13.6. The van der Waals surface area contributed by atoms with E-state index in [0.717, 1.165) is 19.4 Å². The van der Waals surface area contributed by atoms with E-state index in [9.17, 15) is 9.90 Å². The second-order valence-corrected chi connectivity index (χ2v) is 4.78. The summed E-state index contributed by atoms with van der Waals surface area (Å²) in [5.74, 6) is 0.336. The molecule has 1 unspecified atom stereocenters. The summed E-state index contributed by atoms with van der Waals surface area (Å²) in [6, 6.07) is -0.251. The van der Waals surface area contributed by atoms with Gasteiger partial charge in [0.1, 0.15) is 6.04 Å². The highest BCUT2D eigenvalue weighted by molar-refractivity contribution is 5.76. The second-order valence-electron chi connectivity index (χ2n) is 4.78. The van der Waals surface area contributed by atoms with Crippen LogP contribution >= 0.6 is 0 Å². The van der Waals surface area contributed by atoms with Crippen LogP contribution in [0.15, 0.2) is 0 Å². The monoisotopic (exact) mass is 229 g/mol. The molecule has 0 aromatic rings. The number of carbonyl (C=O) groups is 1. The number of aliphatic hydroxyl groups excluding tert-OH is 1. The van der Waals surface area contributed by atoms with E-state index in [2.05, 4.69) is 18.7 Å². The van der Waals surface area contributed by atoms with Crippen molar-refractivity contribution in [3.05, 3.63) is 0 Å². The lowest BCUT2D eigenvalue weighted by molar-refractivity contribution is -0.146. The quantitative estimate of drug-likeness (QED) is 0.715. The van der Waals surface area contributed by atoms with Gasteiger partial charge >= 0.3 is 5.97 Å². The lowest BCUT2D eigenvalue weighted by atomic mass is 10.1. The number of esters is 1. The Hall–Kier alpha value is -0.610. The number of β-amino-alcohol motifs (C(OH)–C–C–N with tert-alkyl or cyclic N) is 1. The Morgan fingerprint density at radius 3 is 2.88 bits per heavy atom. The third-order valence-electron chi connectivity index (χ3n) is 3.18. The molecule has 1 fully saturated rings. The molecule has 0 aromatic carbocycles. The molecule has 3 atom stereocenters. The molecule has 1 aliphatic rings. The number of nitrogens with zero attached hydrogens (tertiary/aromatic N) is 1. The molecule has 0 saturated carbocycles. The van der Waals surface area contributed by atoms with E-state index in [1.807, 2.05) is 0 Å². The van der Waals surface area contributed by atoms with Crippen LogP contribution in [0.5, 0.6) is 0 Å². The molecule has 0 aliphatic carbocycles. The van der Waals surface area contributed by atoms with E-state index in [-0.39, 0.29) is 12.0 Å². The van der Waals surface area contributed by atoms with Gasteiger partial charge < -0.3 is 9.84 Å². The van der Waals surface area contributed by atoms with Crippen molar-refractivity contribution in [1.29, 1.82) is 0 Å². The average molecular weight is 229 g/mol. The smallest absolute Gasteiger partial charge is 0.323 e. The van der Waals surface area contributed by atoms with Gasteiger partial charge in [0.2, 0.25) is 0 Å². The summed E-state index contributed by atoms with van der Waals surface area (Å²) >= 11 is 0. The van der Waals surface area contributed by atoms with E-state index in [1.54, 1.807) is 0 Å². The topological polar surface area (TPSA) is 49.8 Å². The molecule has 1 rings (SSSR count). The van der Waals surface area contributed by atoms with Gasteiger partial charge in [0, 0.05) is 19.5 Å². The Balaban J connectivity index is 2.52. The molecule has 4 nitrogen and oxygen atoms in total. The normalized spacial score (nSPS) is 28.0. The van der Waals surface area contributed by atoms with E-state index >= 15 is 0 Å². The minimum atomic E-state index is -0.391. The Bertz CT molecular complexity index is 232. The first kappa shape index (κ1) is 13.5. The number of hydrogen-bond donors (Lipinski definition) is 1. The van der Waals surface area contributed by atoms with Crippen LogP contribution in [0.25, 0.3) is 0 Å². The number of methoxy groups -OCH3 is 1. The number of hydrogen-bond acceptors (Lipinski definition) is 4. The molecule has 0 aromatic heterocycles. The highest BCUT2D eigenvalue weighted by atomic mass is 16.5. The molecular weight excluding hydrogens is 206 g/mol. The maximum atomic E-state index is 11.5. The summed E-state index contributed by atoms with van der Waals surface area (Å²) in [7, 11) is 1.40. The summed E-state index contributed by atoms with van der Waals surface area (Å²) in [5, 5.41) is 9.61. The Morgan fingerprint density at radius 2 is 2.31 bits per heavy atom. The number of rotatable bonds is 5. The zero-order valence-corrected chi connectivity index (χ0v) is 10.5. The van der Waals surface area contributed by atoms with Gasteiger partial charge in [-0.2, -0.15) is 0 Å². The van der Waals surface area contributed by atoms with Crippen LogP contribution in [0.3, 0.4) is 0 Å². The summed E-state index contributed by atoms with van der Waals surface area (Å²) in [6.45, 7) is 5.80. The second kappa shape index (κ2) is 6.21. The van der Waals surface area contributed by atoms with E-state index in [0.29, 0.717) is 18.9 Å². The van der Waals surface area contributed by atoms with Crippen LogP contribution in [0.2, 0.25) is 0 Å². The van der Waals surface area contributed by atoms with Crippen molar-refractivity contribution in [3.63, 3.8) is 0 Å². The van der Waals surface area contributed by atoms with Crippen molar-refractivity contribution in [2.75, 3.05) is 20.2 Å². The first-order valence-corrected chi connectivity index (χ1v) is 6.08. The zero-order valence-electron chi connectivity index (χ0n) is 10.5. The summed E-state index contributed by atoms with van der Waals surface area (Å²) in [6.07, 6.45) is 2.42. The fourth-order valence-corrected chi connectivity index (χ4v) is 2.45. The molecule has 0 radical (unpaired) electrons. The van der Waals surface area contributed by atoms with E-state index < -0.39 is 6.10 Å². The maximum Gasteiger partial charge on any atom is 0.323 e. The molecule has 1 heterocycles. The molecular formula is C12H23NO3. The Labute approximate surface area is 97.6 Å². The van der Waals surface area contributed by atoms with E-state index in [1.165, 1.54) is 7.11 Å². The van der Waals surface area contributed by atoms with Crippen LogP contribution in [0.4, 0.5) is 0 Å². The molecule has 0 amide bonds. The van der Waals surface area contributed by atoms with Crippen molar-refractivity contribution in [1.82, 2.24) is 4.90 Å². The van der Waals surface area contributed by atoms with Crippen molar-refractivity contribution < 1.29 is 14.6 Å². The van der Waals surface area contributed by atoms with Crippen molar-refractivity contribution in [3.8, 4) is 0 Å². The predicted octanol–water partition coefficient (Wildman–Crippen LogP) is 1.03. The highest BCUT2D eigenvalue weighted by Gasteiger charge is 2.36. The molecule has 4 heteroatoms. The predicted molar refractivity (Wildman–Crippen MR) is 62.1 cm³/mol. The number of likely N-dealkylation sites (tertiary alicyclic amines) is 1. The average Bonchev–Trinajstić information content (AvgIpc) is 2.58. The Kier molecular flexibility index (Phi) is 5.22. The molecule has 1 saturated heterocycles. The maximum absolute atomic E-state index is 11.5. The van der Waals surface area contributed by atoms with Crippen LogP contribution in [-0.4, -0.2) is 48.3 Å². The summed E-state index contributed by atoms with van der Waals surface area (Å²) in [5.41, 5.74) is 0. The fraction of sp³-hybridized carbons (Fsp3) is 0.917. The third kappa shape index (κ3) is 3.46. The van der Waals surface area contributed by atoms with Gasteiger partial charge in [-0.05, 0) is 12.3 Å². The van der Waals surface area contributed by atoms with Crippen LogP contribution in [-0.2, 0) is 9.53 Å². The van der Waals surface area contributed by atoms with E-state index in [4.69, 9.17) is 4.74 Å². The largest absolute Gasteiger partial charge is 0.468 e. The van der Waals surface area contributed by atoms with Crippen LogP contribution in [0, 0.1) is 5.92 Å². The van der Waals surface area contributed by atoms with Gasteiger partial charge in [0.25, 0.3) is 0 Å².